The van der Waals surface area contributed by atoms with Crippen LogP contribution in [-0.2, 0) is 0 Å². The molecule has 90 valence electrons. The van der Waals surface area contributed by atoms with Gasteiger partial charge in [-0.2, -0.15) is 4.98 Å². The van der Waals surface area contributed by atoms with E-state index in [0.29, 0.717) is 5.82 Å². The molecule has 0 saturated heterocycles. The lowest BCUT2D eigenvalue weighted by molar-refractivity contribution is 1.03. The number of rotatable bonds is 2. The third-order valence-corrected chi connectivity index (χ3v) is 3.03. The highest BCUT2D eigenvalue weighted by Gasteiger charge is 1.95. The quantitative estimate of drug-likeness (QED) is 0.845. The van der Waals surface area contributed by atoms with Crippen molar-refractivity contribution in [2.45, 2.75) is 18.1 Å². The average molecular weight is 286 g/mol. The molecule has 0 aromatic carbocycles. The maximum Gasteiger partial charge on any atom is 0.225 e. The van der Waals surface area contributed by atoms with Gasteiger partial charge < -0.3 is 0 Å². The van der Waals surface area contributed by atoms with Crippen LogP contribution in [0.5, 0.6) is 0 Å². The summed E-state index contributed by atoms with van der Waals surface area (Å²) in [5.74, 6) is 0.545. The van der Waals surface area contributed by atoms with Crippen LogP contribution in [0.1, 0.15) is 24.5 Å². The molecule has 2 rings (SSSR count). The highest BCUT2D eigenvalue weighted by Crippen LogP contribution is 2.21. The lowest BCUT2D eigenvalue weighted by Crippen LogP contribution is -1.88. The minimum atomic E-state index is 0.200. The second-order valence-electron chi connectivity index (χ2n) is 2.62. The van der Waals surface area contributed by atoms with Crippen molar-refractivity contribution in [2.24, 2.45) is 0 Å². The van der Waals surface area contributed by atoms with Crippen LogP contribution in [0, 0.1) is 0 Å². The molecule has 0 spiro atoms. The van der Waals surface area contributed by atoms with Crippen LogP contribution in [0.25, 0.3) is 12.2 Å². The first-order valence-corrected chi connectivity index (χ1v) is 6.69. The van der Waals surface area contributed by atoms with Crippen LogP contribution in [0.4, 0.5) is 0 Å². The van der Waals surface area contributed by atoms with Gasteiger partial charge in [0, 0.05) is 4.88 Å². The first kappa shape index (κ1) is 14.2. The van der Waals surface area contributed by atoms with Crippen molar-refractivity contribution < 1.29 is 0 Å². The van der Waals surface area contributed by atoms with E-state index in [1.54, 1.807) is 17.4 Å². The molecule has 0 fully saturated rings. The van der Waals surface area contributed by atoms with E-state index in [-0.39, 0.29) is 5.28 Å². The molecule has 0 amide bonds. The number of thiophene rings is 1. The molecule has 0 unspecified atom stereocenters. The van der Waals surface area contributed by atoms with Gasteiger partial charge in [0.05, 0.1) is 4.21 Å². The Morgan fingerprint density at radius 3 is 2.59 bits per heavy atom. The standard InChI is InChI=1S/C9H6ClN3S2.C2H6/c10-9-12-5-11-7(13-9)3-1-6-2-4-8(14)15-6;1-2/h1-5,14H;1-2H3/b3-1+;. The maximum atomic E-state index is 5.62. The van der Waals surface area contributed by atoms with Gasteiger partial charge in [0.2, 0.25) is 5.28 Å². The zero-order valence-electron chi connectivity index (χ0n) is 9.46. The number of halogens is 1. The molecule has 0 radical (unpaired) electrons. The zero-order chi connectivity index (χ0) is 12.7. The minimum Gasteiger partial charge on any atom is -0.217 e. The van der Waals surface area contributed by atoms with Gasteiger partial charge in [-0.15, -0.1) is 24.0 Å². The van der Waals surface area contributed by atoms with Gasteiger partial charge >= 0.3 is 0 Å². The summed E-state index contributed by atoms with van der Waals surface area (Å²) in [5, 5.41) is 0.200. The van der Waals surface area contributed by atoms with Gasteiger partial charge in [0.1, 0.15) is 6.33 Å². The Kier molecular flexibility index (Phi) is 6.18. The summed E-state index contributed by atoms with van der Waals surface area (Å²) in [6, 6.07) is 3.92. The molecule has 17 heavy (non-hydrogen) atoms. The molecule has 0 aliphatic carbocycles. The molecule has 0 aliphatic rings. The number of nitrogens with zero attached hydrogens (tertiary/aromatic N) is 3. The molecular formula is C11H12ClN3S2. The van der Waals surface area contributed by atoms with Gasteiger partial charge in [0.15, 0.2) is 5.82 Å². The van der Waals surface area contributed by atoms with Gasteiger partial charge in [0.25, 0.3) is 0 Å². The van der Waals surface area contributed by atoms with Crippen LogP contribution in [0.3, 0.4) is 0 Å². The summed E-state index contributed by atoms with van der Waals surface area (Å²) < 4.78 is 0.975. The van der Waals surface area contributed by atoms with Crippen molar-refractivity contribution >= 4 is 47.7 Å². The SMILES string of the molecule is CC.Sc1ccc(/C=C/c2ncnc(Cl)n2)s1. The lowest BCUT2D eigenvalue weighted by Gasteiger charge is -1.90. The van der Waals surface area contributed by atoms with Gasteiger partial charge in [-0.05, 0) is 35.9 Å². The molecule has 0 atom stereocenters. The number of hydrogen-bond donors (Lipinski definition) is 1. The molecule has 0 aliphatic heterocycles. The largest absolute Gasteiger partial charge is 0.225 e. The first-order valence-electron chi connectivity index (χ1n) is 5.05. The summed E-state index contributed by atoms with van der Waals surface area (Å²) in [4.78, 5) is 12.7. The van der Waals surface area contributed by atoms with E-state index in [1.807, 2.05) is 32.1 Å². The van der Waals surface area contributed by atoms with Crippen molar-refractivity contribution in [2.75, 3.05) is 0 Å². The Bertz CT molecular complexity index is 497. The molecule has 3 nitrogen and oxygen atoms in total. The lowest BCUT2D eigenvalue weighted by atomic mass is 10.4. The fourth-order valence-corrected chi connectivity index (χ4v) is 2.13. The molecule has 0 N–H and O–H groups in total. The Morgan fingerprint density at radius 1 is 1.24 bits per heavy atom. The normalized spacial score (nSPS) is 10.1. The Hall–Kier alpha value is -0.910. The van der Waals surface area contributed by atoms with Crippen LogP contribution in [0.2, 0.25) is 5.28 Å². The molecule has 0 saturated carbocycles. The van der Waals surface area contributed by atoms with E-state index in [1.165, 1.54) is 6.33 Å². The highest BCUT2D eigenvalue weighted by atomic mass is 35.5. The summed E-state index contributed by atoms with van der Waals surface area (Å²) in [6.45, 7) is 4.00. The second kappa shape index (κ2) is 7.42. The van der Waals surface area contributed by atoms with Crippen molar-refractivity contribution in [3.05, 3.63) is 34.4 Å². The molecule has 2 aromatic heterocycles. The molecule has 2 aromatic rings. The zero-order valence-corrected chi connectivity index (χ0v) is 11.9. The molecular weight excluding hydrogens is 274 g/mol. The number of aromatic nitrogens is 3. The first-order chi connectivity index (χ1) is 8.24. The molecule has 2 heterocycles. The van der Waals surface area contributed by atoms with E-state index in [2.05, 4.69) is 27.6 Å². The van der Waals surface area contributed by atoms with Crippen LogP contribution in [-0.4, -0.2) is 15.0 Å². The van der Waals surface area contributed by atoms with Crippen LogP contribution in [0.15, 0.2) is 22.7 Å². The topological polar surface area (TPSA) is 38.7 Å². The summed E-state index contributed by atoms with van der Waals surface area (Å²) in [7, 11) is 0. The third-order valence-electron chi connectivity index (χ3n) is 1.57. The van der Waals surface area contributed by atoms with Crippen LogP contribution >= 0.6 is 35.6 Å². The van der Waals surface area contributed by atoms with Crippen molar-refractivity contribution in [1.29, 1.82) is 0 Å². The van der Waals surface area contributed by atoms with E-state index in [4.69, 9.17) is 11.6 Å². The predicted octanol–water partition coefficient (Wildman–Crippen LogP) is 4.07. The molecule has 6 heteroatoms. The van der Waals surface area contributed by atoms with E-state index in [0.717, 1.165) is 9.09 Å². The predicted molar refractivity (Wildman–Crippen MR) is 76.7 cm³/mol. The highest BCUT2D eigenvalue weighted by molar-refractivity contribution is 7.82. The Morgan fingerprint density at radius 2 is 2.00 bits per heavy atom. The van der Waals surface area contributed by atoms with E-state index in [9.17, 15) is 0 Å². The van der Waals surface area contributed by atoms with Gasteiger partial charge in [-0.3, -0.25) is 0 Å². The number of hydrogen-bond acceptors (Lipinski definition) is 5. The van der Waals surface area contributed by atoms with Crippen molar-refractivity contribution in [3.8, 4) is 0 Å². The van der Waals surface area contributed by atoms with Crippen molar-refractivity contribution in [1.82, 2.24) is 15.0 Å². The summed E-state index contributed by atoms with van der Waals surface area (Å²) in [5.41, 5.74) is 0. The van der Waals surface area contributed by atoms with Gasteiger partial charge in [-0.1, -0.05) is 13.8 Å². The van der Waals surface area contributed by atoms with E-state index < -0.39 is 0 Å². The third kappa shape index (κ3) is 4.85. The summed E-state index contributed by atoms with van der Waals surface area (Å²) >= 11 is 11.4. The summed E-state index contributed by atoms with van der Waals surface area (Å²) in [6.07, 6.45) is 5.08. The van der Waals surface area contributed by atoms with Crippen molar-refractivity contribution in [3.63, 3.8) is 0 Å². The van der Waals surface area contributed by atoms with Crippen LogP contribution < -0.4 is 0 Å². The molecule has 0 bridgehead atoms. The maximum absolute atomic E-state index is 5.62. The Balaban J connectivity index is 0.000000686. The fourth-order valence-electron chi connectivity index (χ4n) is 0.957. The monoisotopic (exact) mass is 285 g/mol. The Labute approximate surface area is 115 Å². The average Bonchev–Trinajstić information content (AvgIpc) is 2.75. The number of thiol groups is 1. The fraction of sp³-hybridized carbons (Fsp3) is 0.182. The van der Waals surface area contributed by atoms with Gasteiger partial charge in [-0.25, -0.2) is 9.97 Å². The second-order valence-corrected chi connectivity index (χ2v) is 4.86. The minimum absolute atomic E-state index is 0.200. The van der Waals surface area contributed by atoms with E-state index >= 15 is 0 Å². The smallest absolute Gasteiger partial charge is 0.217 e.